The highest BCUT2D eigenvalue weighted by Gasteiger charge is 2.21. The van der Waals surface area contributed by atoms with Gasteiger partial charge in [0.1, 0.15) is 12.2 Å². The lowest BCUT2D eigenvalue weighted by Crippen LogP contribution is -2.10. The summed E-state index contributed by atoms with van der Waals surface area (Å²) < 4.78 is 3.45. The molecule has 0 saturated carbocycles. The maximum Gasteiger partial charge on any atom is 0.137 e. The van der Waals surface area contributed by atoms with Crippen molar-refractivity contribution in [3.63, 3.8) is 0 Å². The molecule has 1 N–H and O–H groups in total. The Bertz CT molecular complexity index is 728. The Morgan fingerprint density at radius 1 is 1.30 bits per heavy atom. The summed E-state index contributed by atoms with van der Waals surface area (Å²) in [6, 6.07) is 6.68. The van der Waals surface area contributed by atoms with Crippen molar-refractivity contribution < 1.29 is 0 Å². The summed E-state index contributed by atoms with van der Waals surface area (Å²) in [7, 11) is 2.08. The number of nitrogens with one attached hydrogen (secondary N) is 1. The number of aromatic amines is 1. The van der Waals surface area contributed by atoms with Crippen LogP contribution in [0.25, 0.3) is 10.9 Å². The third kappa shape index (κ3) is 2.24. The van der Waals surface area contributed by atoms with Crippen LogP contribution in [0.5, 0.6) is 0 Å². The Morgan fingerprint density at radius 2 is 2.10 bits per heavy atom. The van der Waals surface area contributed by atoms with E-state index in [1.165, 1.54) is 20.0 Å². The molecule has 0 aliphatic heterocycles. The second kappa shape index (κ2) is 5.20. The molecule has 2 heterocycles. The minimum atomic E-state index is 0.248. The summed E-state index contributed by atoms with van der Waals surface area (Å²) in [6.45, 7) is 4.43. The average molecular weight is 380 g/mol. The van der Waals surface area contributed by atoms with Crippen molar-refractivity contribution in [1.82, 2.24) is 19.7 Å². The largest absolute Gasteiger partial charge is 0.349 e. The molecule has 0 saturated heterocycles. The Balaban J connectivity index is 2.14. The first-order chi connectivity index (χ1) is 9.58. The van der Waals surface area contributed by atoms with Gasteiger partial charge in [-0.3, -0.25) is 5.10 Å². The molecule has 1 unspecified atom stereocenters. The number of halogens is 1. The molecule has 2 aromatic heterocycles. The maximum atomic E-state index is 4.35. The minimum Gasteiger partial charge on any atom is -0.349 e. The normalized spacial score (nSPS) is 13.2. The standard InChI is InChI=1S/C15H17IN4/c1-9(2)14(15-17-8-18-19-15)10-4-5-13-11(6-10)12(16)7-20(13)3/h4-9,14H,1-3H3,(H,17,18,19). The van der Waals surface area contributed by atoms with Crippen molar-refractivity contribution in [3.05, 3.63) is 45.7 Å². The Hall–Kier alpha value is -1.37. The van der Waals surface area contributed by atoms with Gasteiger partial charge < -0.3 is 4.57 Å². The number of hydrogen-bond acceptors (Lipinski definition) is 2. The van der Waals surface area contributed by atoms with Crippen LogP contribution < -0.4 is 0 Å². The third-order valence-electron chi connectivity index (χ3n) is 3.72. The fraction of sp³-hybridized carbons (Fsp3) is 0.333. The van der Waals surface area contributed by atoms with Crippen LogP contribution in [0.1, 0.15) is 31.2 Å². The van der Waals surface area contributed by atoms with Gasteiger partial charge in [0, 0.05) is 33.6 Å². The average Bonchev–Trinajstić information content (AvgIpc) is 3.00. The van der Waals surface area contributed by atoms with Gasteiger partial charge >= 0.3 is 0 Å². The van der Waals surface area contributed by atoms with E-state index in [1.807, 2.05) is 0 Å². The van der Waals surface area contributed by atoms with Gasteiger partial charge in [0.2, 0.25) is 0 Å². The third-order valence-corrected chi connectivity index (χ3v) is 4.58. The highest BCUT2D eigenvalue weighted by atomic mass is 127. The SMILES string of the molecule is CC(C)C(c1ccc2c(c1)c(I)cn2C)c1ncn[nH]1. The summed E-state index contributed by atoms with van der Waals surface area (Å²) in [5.74, 6) is 1.64. The van der Waals surface area contributed by atoms with Crippen LogP contribution in [0, 0.1) is 9.49 Å². The first kappa shape index (κ1) is 13.6. The van der Waals surface area contributed by atoms with Crippen LogP contribution >= 0.6 is 22.6 Å². The van der Waals surface area contributed by atoms with Crippen molar-refractivity contribution in [2.24, 2.45) is 13.0 Å². The van der Waals surface area contributed by atoms with Crippen LogP contribution in [0.15, 0.2) is 30.7 Å². The molecule has 5 heteroatoms. The summed E-state index contributed by atoms with van der Waals surface area (Å²) in [5, 5.41) is 8.31. The number of rotatable bonds is 3. The second-order valence-corrected chi connectivity index (χ2v) is 6.62. The van der Waals surface area contributed by atoms with Crippen LogP contribution in [0.2, 0.25) is 0 Å². The lowest BCUT2D eigenvalue weighted by Gasteiger charge is -2.19. The molecule has 1 atom stereocenters. The van der Waals surface area contributed by atoms with Gasteiger partial charge in [0.15, 0.2) is 0 Å². The summed E-state index contributed by atoms with van der Waals surface area (Å²) in [5.41, 5.74) is 2.55. The van der Waals surface area contributed by atoms with E-state index >= 15 is 0 Å². The van der Waals surface area contributed by atoms with Gasteiger partial charge in [-0.2, -0.15) is 5.10 Å². The number of fused-ring (bicyclic) bond motifs is 1. The Morgan fingerprint density at radius 3 is 2.75 bits per heavy atom. The fourth-order valence-corrected chi connectivity index (χ4v) is 3.63. The van der Waals surface area contributed by atoms with E-state index in [2.05, 4.69) is 87.6 Å². The molecule has 0 fully saturated rings. The molecule has 0 radical (unpaired) electrons. The lowest BCUT2D eigenvalue weighted by molar-refractivity contribution is 0.540. The highest BCUT2D eigenvalue weighted by Crippen LogP contribution is 2.32. The number of aromatic nitrogens is 4. The van der Waals surface area contributed by atoms with Crippen LogP contribution in [-0.2, 0) is 7.05 Å². The smallest absolute Gasteiger partial charge is 0.137 e. The predicted octanol–water partition coefficient (Wildman–Crippen LogP) is 3.69. The van der Waals surface area contributed by atoms with Crippen LogP contribution in [0.3, 0.4) is 0 Å². The molecule has 1 aromatic carbocycles. The highest BCUT2D eigenvalue weighted by molar-refractivity contribution is 14.1. The molecule has 0 aliphatic rings. The molecule has 0 spiro atoms. The number of aryl methyl sites for hydroxylation is 1. The first-order valence-corrected chi connectivity index (χ1v) is 7.75. The zero-order valence-electron chi connectivity index (χ0n) is 11.8. The molecule has 0 amide bonds. The maximum absolute atomic E-state index is 4.35. The monoisotopic (exact) mass is 380 g/mol. The van der Waals surface area contributed by atoms with E-state index in [9.17, 15) is 0 Å². The molecule has 3 rings (SSSR count). The minimum absolute atomic E-state index is 0.248. The molecule has 3 aromatic rings. The molecular weight excluding hydrogens is 363 g/mol. The number of H-pyrrole nitrogens is 1. The number of benzene rings is 1. The van der Waals surface area contributed by atoms with E-state index in [0.29, 0.717) is 5.92 Å². The fourth-order valence-electron chi connectivity index (χ4n) is 2.78. The first-order valence-electron chi connectivity index (χ1n) is 6.67. The molecule has 0 aliphatic carbocycles. The van der Waals surface area contributed by atoms with E-state index in [0.717, 1.165) is 5.82 Å². The van der Waals surface area contributed by atoms with Crippen molar-refractivity contribution >= 4 is 33.5 Å². The lowest BCUT2D eigenvalue weighted by atomic mass is 9.87. The van der Waals surface area contributed by atoms with Crippen LogP contribution in [0.4, 0.5) is 0 Å². The van der Waals surface area contributed by atoms with E-state index < -0.39 is 0 Å². The van der Waals surface area contributed by atoms with Gasteiger partial charge in [0.05, 0.1) is 0 Å². The Labute approximate surface area is 131 Å². The van der Waals surface area contributed by atoms with Crippen molar-refractivity contribution in [1.29, 1.82) is 0 Å². The predicted molar refractivity (Wildman–Crippen MR) is 88.7 cm³/mol. The quantitative estimate of drug-likeness (QED) is 0.705. The number of hydrogen-bond donors (Lipinski definition) is 1. The summed E-state index contributed by atoms with van der Waals surface area (Å²) >= 11 is 2.39. The van der Waals surface area contributed by atoms with Crippen molar-refractivity contribution in [3.8, 4) is 0 Å². The van der Waals surface area contributed by atoms with Gasteiger partial charge in [-0.15, -0.1) is 0 Å². The van der Waals surface area contributed by atoms with E-state index in [4.69, 9.17) is 0 Å². The molecular formula is C15H17IN4. The van der Waals surface area contributed by atoms with E-state index in [-0.39, 0.29) is 5.92 Å². The van der Waals surface area contributed by atoms with Gasteiger partial charge in [-0.1, -0.05) is 19.9 Å². The van der Waals surface area contributed by atoms with Gasteiger partial charge in [-0.25, -0.2) is 4.98 Å². The second-order valence-electron chi connectivity index (χ2n) is 5.46. The van der Waals surface area contributed by atoms with Crippen molar-refractivity contribution in [2.45, 2.75) is 19.8 Å². The van der Waals surface area contributed by atoms with Crippen molar-refractivity contribution in [2.75, 3.05) is 0 Å². The van der Waals surface area contributed by atoms with Crippen LogP contribution in [-0.4, -0.2) is 19.7 Å². The summed E-state index contributed by atoms with van der Waals surface area (Å²) in [6.07, 6.45) is 3.74. The number of nitrogens with zero attached hydrogens (tertiary/aromatic N) is 3. The van der Waals surface area contributed by atoms with Gasteiger partial charge in [-0.05, 0) is 46.2 Å². The zero-order valence-corrected chi connectivity index (χ0v) is 13.9. The molecule has 20 heavy (non-hydrogen) atoms. The molecule has 0 bridgehead atoms. The molecule has 4 nitrogen and oxygen atoms in total. The zero-order chi connectivity index (χ0) is 14.3. The van der Waals surface area contributed by atoms with E-state index in [1.54, 1.807) is 6.33 Å². The molecule has 104 valence electrons. The summed E-state index contributed by atoms with van der Waals surface area (Å²) in [4.78, 5) is 4.35. The van der Waals surface area contributed by atoms with Gasteiger partial charge in [0.25, 0.3) is 0 Å². The Kier molecular flexibility index (Phi) is 3.54. The topological polar surface area (TPSA) is 46.5 Å².